The molecule has 0 radical (unpaired) electrons. The third kappa shape index (κ3) is 3.41. The highest BCUT2D eigenvalue weighted by Crippen LogP contribution is 2.26. The first-order valence-electron chi connectivity index (χ1n) is 4.71. The van der Waals surface area contributed by atoms with Crippen LogP contribution >= 0.6 is 15.9 Å². The quantitative estimate of drug-likeness (QED) is 0.491. The molecule has 1 unspecified atom stereocenters. The number of rotatable bonds is 5. The number of hydrazine groups is 1. The van der Waals surface area contributed by atoms with E-state index < -0.39 is 0 Å². The van der Waals surface area contributed by atoms with Gasteiger partial charge in [0.05, 0.1) is 0 Å². The van der Waals surface area contributed by atoms with Gasteiger partial charge in [0.2, 0.25) is 0 Å². The molecule has 0 saturated heterocycles. The van der Waals surface area contributed by atoms with E-state index in [4.69, 9.17) is 5.84 Å². The molecule has 0 aliphatic carbocycles. The lowest BCUT2D eigenvalue weighted by Gasteiger charge is -2.17. The van der Waals surface area contributed by atoms with E-state index in [-0.39, 0.29) is 11.9 Å². The minimum atomic E-state index is -0.257. The summed E-state index contributed by atoms with van der Waals surface area (Å²) in [5, 5.41) is 0. The maximum Gasteiger partial charge on any atom is 0.123 e. The molecular formula is C11H14BrFN2. The van der Waals surface area contributed by atoms with Crippen molar-refractivity contribution in [3.05, 3.63) is 46.7 Å². The fraction of sp³-hybridized carbons (Fsp3) is 0.273. The van der Waals surface area contributed by atoms with Gasteiger partial charge >= 0.3 is 0 Å². The van der Waals surface area contributed by atoms with Crippen molar-refractivity contribution < 1.29 is 4.39 Å². The summed E-state index contributed by atoms with van der Waals surface area (Å²) >= 11 is 3.38. The van der Waals surface area contributed by atoms with E-state index in [0.717, 1.165) is 22.9 Å². The van der Waals surface area contributed by atoms with Crippen LogP contribution < -0.4 is 11.3 Å². The fourth-order valence-electron chi connectivity index (χ4n) is 1.39. The van der Waals surface area contributed by atoms with Crippen molar-refractivity contribution in [1.82, 2.24) is 5.43 Å². The Morgan fingerprint density at radius 1 is 1.60 bits per heavy atom. The highest BCUT2D eigenvalue weighted by molar-refractivity contribution is 9.10. The van der Waals surface area contributed by atoms with Crippen molar-refractivity contribution in [1.29, 1.82) is 0 Å². The summed E-state index contributed by atoms with van der Waals surface area (Å²) in [6, 6.07) is 4.52. The molecule has 3 N–H and O–H groups in total. The summed E-state index contributed by atoms with van der Waals surface area (Å²) in [7, 11) is 0. The van der Waals surface area contributed by atoms with Crippen molar-refractivity contribution in [2.75, 3.05) is 0 Å². The maximum atomic E-state index is 13.1. The molecule has 0 aliphatic rings. The van der Waals surface area contributed by atoms with Crippen molar-refractivity contribution in [3.63, 3.8) is 0 Å². The maximum absolute atomic E-state index is 13.1. The van der Waals surface area contributed by atoms with Gasteiger partial charge in [-0.3, -0.25) is 11.3 Å². The van der Waals surface area contributed by atoms with Crippen molar-refractivity contribution >= 4 is 15.9 Å². The van der Waals surface area contributed by atoms with Gasteiger partial charge in [0, 0.05) is 10.5 Å². The van der Waals surface area contributed by atoms with Gasteiger partial charge in [-0.05, 0) is 36.6 Å². The second kappa shape index (κ2) is 6.00. The Labute approximate surface area is 97.5 Å². The van der Waals surface area contributed by atoms with Crippen molar-refractivity contribution in [2.24, 2.45) is 5.84 Å². The van der Waals surface area contributed by atoms with Crippen LogP contribution in [0.5, 0.6) is 0 Å². The van der Waals surface area contributed by atoms with Crippen LogP contribution in [0.2, 0.25) is 0 Å². The molecule has 2 nitrogen and oxygen atoms in total. The average molecular weight is 273 g/mol. The molecule has 0 amide bonds. The average Bonchev–Trinajstić information content (AvgIpc) is 2.24. The molecular weight excluding hydrogens is 259 g/mol. The molecule has 0 fully saturated rings. The Morgan fingerprint density at radius 3 is 2.93 bits per heavy atom. The SMILES string of the molecule is C=CCCC(NN)c1cc(F)ccc1Br. The zero-order valence-corrected chi connectivity index (χ0v) is 9.93. The normalized spacial score (nSPS) is 12.5. The predicted octanol–water partition coefficient (Wildman–Crippen LogP) is 3.06. The number of allylic oxidation sites excluding steroid dienone is 1. The first kappa shape index (κ1) is 12.4. The van der Waals surface area contributed by atoms with Crippen LogP contribution in [0.25, 0.3) is 0 Å². The van der Waals surface area contributed by atoms with E-state index in [0.29, 0.717) is 0 Å². The Morgan fingerprint density at radius 2 is 2.33 bits per heavy atom. The van der Waals surface area contributed by atoms with Gasteiger partial charge in [-0.25, -0.2) is 4.39 Å². The van der Waals surface area contributed by atoms with Crippen LogP contribution in [0.3, 0.4) is 0 Å². The third-order valence-electron chi connectivity index (χ3n) is 2.19. The molecule has 0 heterocycles. The topological polar surface area (TPSA) is 38.0 Å². The van der Waals surface area contributed by atoms with E-state index in [2.05, 4.69) is 27.9 Å². The van der Waals surface area contributed by atoms with Gasteiger partial charge in [-0.15, -0.1) is 6.58 Å². The molecule has 82 valence electrons. The van der Waals surface area contributed by atoms with Crippen molar-refractivity contribution in [3.8, 4) is 0 Å². The molecule has 0 aliphatic heterocycles. The van der Waals surface area contributed by atoms with Gasteiger partial charge in [-0.2, -0.15) is 0 Å². The molecule has 15 heavy (non-hydrogen) atoms. The summed E-state index contributed by atoms with van der Waals surface area (Å²) in [4.78, 5) is 0. The largest absolute Gasteiger partial charge is 0.271 e. The van der Waals surface area contributed by atoms with Crippen LogP contribution in [0.1, 0.15) is 24.4 Å². The summed E-state index contributed by atoms with van der Waals surface area (Å²) in [6.07, 6.45) is 3.44. The standard InChI is InChI=1S/C11H14BrFN2/c1-2-3-4-11(15-14)9-7-8(13)5-6-10(9)12/h2,5-7,11,15H,1,3-4,14H2. The molecule has 4 heteroatoms. The van der Waals surface area contributed by atoms with Crippen LogP contribution in [-0.2, 0) is 0 Å². The molecule has 1 atom stereocenters. The van der Waals surface area contributed by atoms with E-state index in [1.165, 1.54) is 12.1 Å². The van der Waals surface area contributed by atoms with Gasteiger partial charge < -0.3 is 0 Å². The summed E-state index contributed by atoms with van der Waals surface area (Å²) < 4.78 is 13.9. The van der Waals surface area contributed by atoms with E-state index in [9.17, 15) is 4.39 Å². The van der Waals surface area contributed by atoms with Crippen LogP contribution in [-0.4, -0.2) is 0 Å². The Hall–Kier alpha value is -0.710. The second-order valence-corrected chi connectivity index (χ2v) is 4.11. The number of benzene rings is 1. The smallest absolute Gasteiger partial charge is 0.123 e. The molecule has 0 spiro atoms. The lowest BCUT2D eigenvalue weighted by Crippen LogP contribution is -2.28. The van der Waals surface area contributed by atoms with E-state index in [1.807, 2.05) is 6.08 Å². The minimum Gasteiger partial charge on any atom is -0.271 e. The fourth-order valence-corrected chi connectivity index (χ4v) is 1.92. The summed E-state index contributed by atoms with van der Waals surface area (Å²) in [6.45, 7) is 3.65. The molecule has 0 bridgehead atoms. The monoisotopic (exact) mass is 272 g/mol. The highest BCUT2D eigenvalue weighted by Gasteiger charge is 2.12. The van der Waals surface area contributed by atoms with Crippen LogP contribution in [0, 0.1) is 5.82 Å². The third-order valence-corrected chi connectivity index (χ3v) is 2.92. The lowest BCUT2D eigenvalue weighted by molar-refractivity contribution is 0.514. The zero-order chi connectivity index (χ0) is 11.3. The number of hydrogen-bond donors (Lipinski definition) is 2. The van der Waals surface area contributed by atoms with E-state index >= 15 is 0 Å². The number of halogens is 2. The second-order valence-electron chi connectivity index (χ2n) is 3.25. The first-order valence-corrected chi connectivity index (χ1v) is 5.50. The van der Waals surface area contributed by atoms with Crippen molar-refractivity contribution in [2.45, 2.75) is 18.9 Å². The Bertz CT molecular complexity index is 341. The van der Waals surface area contributed by atoms with Crippen LogP contribution in [0.4, 0.5) is 4.39 Å². The number of hydrogen-bond acceptors (Lipinski definition) is 2. The zero-order valence-electron chi connectivity index (χ0n) is 8.34. The van der Waals surface area contributed by atoms with Gasteiger partial charge in [-0.1, -0.05) is 22.0 Å². The van der Waals surface area contributed by atoms with Gasteiger partial charge in [0.15, 0.2) is 0 Å². The van der Waals surface area contributed by atoms with Crippen LogP contribution in [0.15, 0.2) is 35.3 Å². The van der Waals surface area contributed by atoms with E-state index in [1.54, 1.807) is 6.07 Å². The Kier molecular flexibility index (Phi) is 4.94. The molecule has 1 aromatic carbocycles. The molecule has 0 saturated carbocycles. The van der Waals surface area contributed by atoms with Gasteiger partial charge in [0.25, 0.3) is 0 Å². The van der Waals surface area contributed by atoms with Gasteiger partial charge in [0.1, 0.15) is 5.82 Å². The first-order chi connectivity index (χ1) is 7.19. The molecule has 1 aromatic rings. The minimum absolute atomic E-state index is 0.0620. The number of nitrogens with one attached hydrogen (secondary N) is 1. The summed E-state index contributed by atoms with van der Waals surface area (Å²) in [5.74, 6) is 5.18. The summed E-state index contributed by atoms with van der Waals surface area (Å²) in [5.41, 5.74) is 3.51. The lowest BCUT2D eigenvalue weighted by atomic mass is 10.0. The Balaban J connectivity index is 2.89. The molecule has 0 aromatic heterocycles. The molecule has 1 rings (SSSR count). The number of nitrogens with two attached hydrogens (primary N) is 1. The predicted molar refractivity (Wildman–Crippen MR) is 63.6 cm³/mol. The highest BCUT2D eigenvalue weighted by atomic mass is 79.9.